The lowest BCUT2D eigenvalue weighted by molar-refractivity contribution is -0.140. The summed E-state index contributed by atoms with van der Waals surface area (Å²) in [6, 6.07) is 9.79. The molecule has 1 aliphatic rings. The van der Waals surface area contributed by atoms with Crippen molar-refractivity contribution in [1.82, 2.24) is 5.32 Å². The second-order valence-corrected chi connectivity index (χ2v) is 5.89. The lowest BCUT2D eigenvalue weighted by Gasteiger charge is -2.30. The van der Waals surface area contributed by atoms with Gasteiger partial charge in [0.1, 0.15) is 0 Å². The van der Waals surface area contributed by atoms with E-state index >= 15 is 0 Å². The van der Waals surface area contributed by atoms with Gasteiger partial charge in [0.15, 0.2) is 0 Å². The molecule has 134 valence electrons. The summed E-state index contributed by atoms with van der Waals surface area (Å²) >= 11 is 0. The molecular weight excluding hydrogens is 318 g/mol. The fourth-order valence-electron chi connectivity index (χ4n) is 3.15. The highest BCUT2D eigenvalue weighted by molar-refractivity contribution is 5.97. The summed E-state index contributed by atoms with van der Waals surface area (Å²) < 4.78 is 10.5. The Morgan fingerprint density at radius 3 is 1.84 bits per heavy atom. The predicted octanol–water partition coefficient (Wildman–Crippen LogP) is 3.12. The van der Waals surface area contributed by atoms with Crippen LogP contribution in [0.15, 0.2) is 52.9 Å². The lowest BCUT2D eigenvalue weighted by atomic mass is 9.81. The summed E-state index contributed by atoms with van der Waals surface area (Å²) in [5.41, 5.74) is 3.44. The normalized spacial score (nSPS) is 15.0. The SMILES string of the molecule is CCOC(=O)C1=C(C)NC(C)=C(C(=O)OCC)C1Cc1ccccc1. The van der Waals surface area contributed by atoms with Crippen LogP contribution in [0.3, 0.4) is 0 Å². The Morgan fingerprint density at radius 2 is 1.40 bits per heavy atom. The molecule has 1 N–H and O–H groups in total. The zero-order chi connectivity index (χ0) is 18.4. The third kappa shape index (κ3) is 4.29. The smallest absolute Gasteiger partial charge is 0.336 e. The molecule has 0 saturated carbocycles. The number of ether oxygens (including phenoxy) is 2. The van der Waals surface area contributed by atoms with Gasteiger partial charge in [-0.2, -0.15) is 0 Å². The zero-order valence-electron chi connectivity index (χ0n) is 15.2. The van der Waals surface area contributed by atoms with E-state index in [4.69, 9.17) is 9.47 Å². The van der Waals surface area contributed by atoms with E-state index in [0.717, 1.165) is 5.56 Å². The van der Waals surface area contributed by atoms with Crippen molar-refractivity contribution in [2.75, 3.05) is 13.2 Å². The van der Waals surface area contributed by atoms with Crippen molar-refractivity contribution in [3.63, 3.8) is 0 Å². The van der Waals surface area contributed by atoms with Crippen LogP contribution in [0.1, 0.15) is 33.3 Å². The number of hydrogen-bond donors (Lipinski definition) is 1. The molecule has 1 aliphatic heterocycles. The Kier molecular flexibility index (Phi) is 6.39. The molecular formula is C20H25NO4. The maximum Gasteiger partial charge on any atom is 0.336 e. The highest BCUT2D eigenvalue weighted by Crippen LogP contribution is 2.34. The highest BCUT2D eigenvalue weighted by atomic mass is 16.5. The number of nitrogens with one attached hydrogen (secondary N) is 1. The van der Waals surface area contributed by atoms with E-state index in [9.17, 15) is 9.59 Å². The number of allylic oxidation sites excluding steroid dienone is 2. The van der Waals surface area contributed by atoms with Crippen molar-refractivity contribution in [2.45, 2.75) is 34.1 Å². The number of hydrogen-bond acceptors (Lipinski definition) is 5. The van der Waals surface area contributed by atoms with E-state index in [1.54, 1.807) is 13.8 Å². The molecule has 0 radical (unpaired) electrons. The molecule has 0 aliphatic carbocycles. The van der Waals surface area contributed by atoms with Crippen LogP contribution >= 0.6 is 0 Å². The molecule has 2 rings (SSSR count). The van der Waals surface area contributed by atoms with E-state index in [1.807, 2.05) is 44.2 Å². The minimum Gasteiger partial charge on any atom is -0.463 e. The summed E-state index contributed by atoms with van der Waals surface area (Å²) in [4.78, 5) is 25.1. The third-order valence-electron chi connectivity index (χ3n) is 4.15. The molecule has 0 spiro atoms. The van der Waals surface area contributed by atoms with Crippen LogP contribution in [0.2, 0.25) is 0 Å². The van der Waals surface area contributed by atoms with Crippen molar-refractivity contribution in [3.05, 3.63) is 58.4 Å². The fraction of sp³-hybridized carbons (Fsp3) is 0.400. The van der Waals surface area contributed by atoms with E-state index in [-0.39, 0.29) is 13.2 Å². The van der Waals surface area contributed by atoms with Crippen LogP contribution in [-0.2, 0) is 25.5 Å². The molecule has 25 heavy (non-hydrogen) atoms. The summed E-state index contributed by atoms with van der Waals surface area (Å²) in [5, 5.41) is 3.13. The number of benzene rings is 1. The zero-order valence-corrected chi connectivity index (χ0v) is 15.2. The van der Waals surface area contributed by atoms with Crippen molar-refractivity contribution in [1.29, 1.82) is 0 Å². The molecule has 0 amide bonds. The van der Waals surface area contributed by atoms with Gasteiger partial charge in [-0.25, -0.2) is 9.59 Å². The van der Waals surface area contributed by atoms with Gasteiger partial charge in [-0.1, -0.05) is 30.3 Å². The summed E-state index contributed by atoms with van der Waals surface area (Å²) in [6.07, 6.45) is 0.527. The Hall–Kier alpha value is -2.56. The predicted molar refractivity (Wildman–Crippen MR) is 95.4 cm³/mol. The summed E-state index contributed by atoms with van der Waals surface area (Å²) in [5.74, 6) is -1.20. The molecule has 0 aromatic heterocycles. The molecule has 1 aromatic rings. The molecule has 0 atom stereocenters. The maximum absolute atomic E-state index is 12.5. The fourth-order valence-corrected chi connectivity index (χ4v) is 3.15. The van der Waals surface area contributed by atoms with Gasteiger partial charge in [0.2, 0.25) is 0 Å². The minimum atomic E-state index is -0.401. The number of rotatable bonds is 6. The maximum atomic E-state index is 12.5. The van der Waals surface area contributed by atoms with Gasteiger partial charge in [-0.15, -0.1) is 0 Å². The van der Waals surface area contributed by atoms with Crippen molar-refractivity contribution >= 4 is 11.9 Å². The average molecular weight is 343 g/mol. The topological polar surface area (TPSA) is 64.6 Å². The number of esters is 2. The highest BCUT2D eigenvalue weighted by Gasteiger charge is 2.36. The van der Waals surface area contributed by atoms with Gasteiger partial charge < -0.3 is 14.8 Å². The quantitative estimate of drug-likeness (QED) is 0.804. The number of carbonyl (C=O) groups is 2. The third-order valence-corrected chi connectivity index (χ3v) is 4.15. The average Bonchev–Trinajstić information content (AvgIpc) is 2.56. The van der Waals surface area contributed by atoms with Crippen LogP contribution in [0.5, 0.6) is 0 Å². The molecule has 0 unspecified atom stereocenters. The first kappa shape index (κ1) is 18.8. The van der Waals surface area contributed by atoms with Crippen LogP contribution < -0.4 is 5.32 Å². The van der Waals surface area contributed by atoms with E-state index in [2.05, 4.69) is 5.32 Å². The van der Waals surface area contributed by atoms with Crippen molar-refractivity contribution in [2.24, 2.45) is 5.92 Å². The standard InChI is InChI=1S/C20H25NO4/c1-5-24-19(22)17-13(3)21-14(4)18(20(23)25-6-2)16(17)12-15-10-8-7-9-11-15/h7-11,16,21H,5-6,12H2,1-4H3. The largest absolute Gasteiger partial charge is 0.463 e. The molecule has 1 aromatic carbocycles. The monoisotopic (exact) mass is 343 g/mol. The lowest BCUT2D eigenvalue weighted by Crippen LogP contribution is -2.34. The minimum absolute atomic E-state index is 0.283. The van der Waals surface area contributed by atoms with Crippen LogP contribution in [0.4, 0.5) is 0 Å². The van der Waals surface area contributed by atoms with Crippen molar-refractivity contribution < 1.29 is 19.1 Å². The van der Waals surface area contributed by atoms with E-state index < -0.39 is 17.9 Å². The van der Waals surface area contributed by atoms with Gasteiger partial charge >= 0.3 is 11.9 Å². The number of dihydropyridines is 1. The van der Waals surface area contributed by atoms with Gasteiger partial charge in [-0.05, 0) is 39.7 Å². The first-order chi connectivity index (χ1) is 12.0. The van der Waals surface area contributed by atoms with Crippen LogP contribution in [0.25, 0.3) is 0 Å². The summed E-state index contributed by atoms with van der Waals surface area (Å²) in [6.45, 7) is 7.76. The molecule has 1 heterocycles. The second kappa shape index (κ2) is 8.51. The number of carbonyl (C=O) groups excluding carboxylic acids is 2. The van der Waals surface area contributed by atoms with Crippen molar-refractivity contribution in [3.8, 4) is 0 Å². The summed E-state index contributed by atoms with van der Waals surface area (Å²) in [7, 11) is 0. The van der Waals surface area contributed by atoms with Gasteiger partial charge in [0.05, 0.1) is 24.4 Å². The molecule has 5 nitrogen and oxygen atoms in total. The van der Waals surface area contributed by atoms with E-state index in [1.165, 1.54) is 0 Å². The van der Waals surface area contributed by atoms with Crippen LogP contribution in [0, 0.1) is 5.92 Å². The Labute approximate surface area is 148 Å². The van der Waals surface area contributed by atoms with Crippen LogP contribution in [-0.4, -0.2) is 25.2 Å². The molecule has 0 fully saturated rings. The molecule has 0 saturated heterocycles. The van der Waals surface area contributed by atoms with Gasteiger partial charge in [0, 0.05) is 17.3 Å². The van der Waals surface area contributed by atoms with Gasteiger partial charge in [0.25, 0.3) is 0 Å². The van der Waals surface area contributed by atoms with Gasteiger partial charge in [-0.3, -0.25) is 0 Å². The Balaban J connectivity index is 2.47. The Morgan fingerprint density at radius 1 is 0.920 bits per heavy atom. The first-order valence-corrected chi connectivity index (χ1v) is 8.56. The Bertz CT molecular complexity index is 664. The molecule has 0 bridgehead atoms. The first-order valence-electron chi connectivity index (χ1n) is 8.56. The second-order valence-electron chi connectivity index (χ2n) is 5.89. The molecule has 5 heteroatoms. The van der Waals surface area contributed by atoms with E-state index in [0.29, 0.717) is 29.0 Å².